The Hall–Kier alpha value is -0.690. The van der Waals surface area contributed by atoms with Crippen LogP contribution in [0.4, 0.5) is 0 Å². The van der Waals surface area contributed by atoms with Crippen molar-refractivity contribution in [3.8, 4) is 6.07 Å². The first-order chi connectivity index (χ1) is 7.06. The summed E-state index contributed by atoms with van der Waals surface area (Å²) in [7, 11) is 0. The molecule has 15 heavy (non-hydrogen) atoms. The Labute approximate surface area is 96.6 Å². The average Bonchev–Trinajstić information content (AvgIpc) is 2.17. The van der Waals surface area contributed by atoms with Crippen molar-refractivity contribution >= 4 is 17.7 Å². The highest BCUT2D eigenvalue weighted by Crippen LogP contribution is 2.11. The smallest absolute Gasteiger partial charge is 0.237 e. The summed E-state index contributed by atoms with van der Waals surface area (Å²) in [5, 5.41) is 11.8. The number of nitrogens with zero attached hydrogens (tertiary/aromatic N) is 1. The van der Waals surface area contributed by atoms with Crippen LogP contribution in [0.3, 0.4) is 0 Å². The lowest BCUT2D eigenvalue weighted by Crippen LogP contribution is -2.41. The minimum atomic E-state index is -0.527. The summed E-state index contributed by atoms with van der Waals surface area (Å²) in [6.07, 6.45) is 2.92. The van der Waals surface area contributed by atoms with E-state index in [9.17, 15) is 4.79 Å². The molecule has 0 fully saturated rings. The molecule has 0 aromatic rings. The molecule has 0 heterocycles. The fourth-order valence-electron chi connectivity index (χ4n) is 1.26. The number of nitrogens with one attached hydrogen (secondary N) is 1. The van der Waals surface area contributed by atoms with E-state index in [1.807, 2.05) is 27.0 Å². The van der Waals surface area contributed by atoms with Gasteiger partial charge >= 0.3 is 0 Å². The predicted octanol–water partition coefficient (Wildman–Crippen LogP) is 2.04. The van der Waals surface area contributed by atoms with Gasteiger partial charge < -0.3 is 5.32 Å². The zero-order valence-electron chi connectivity index (χ0n) is 9.91. The molecule has 3 nitrogen and oxygen atoms in total. The number of hydrogen-bond acceptors (Lipinski definition) is 3. The molecule has 1 N–H and O–H groups in total. The highest BCUT2D eigenvalue weighted by atomic mass is 32.2. The van der Waals surface area contributed by atoms with Gasteiger partial charge in [-0.15, -0.1) is 0 Å². The summed E-state index contributed by atoms with van der Waals surface area (Å²) in [6, 6.07) is 2.24. The number of thioether (sulfide) groups is 1. The molecular formula is C11H20N2OS. The summed E-state index contributed by atoms with van der Waals surface area (Å²) in [4.78, 5) is 11.7. The maximum Gasteiger partial charge on any atom is 0.237 e. The van der Waals surface area contributed by atoms with E-state index in [4.69, 9.17) is 5.26 Å². The van der Waals surface area contributed by atoms with Crippen molar-refractivity contribution in [2.24, 2.45) is 11.8 Å². The standard InChI is InChI=1S/C11H20N2OS/c1-5-9(7-15-4)13-11(14)10(6-12)8(2)3/h8-10H,5,7H2,1-4H3,(H,13,14). The van der Waals surface area contributed by atoms with Crippen LogP contribution in [0.25, 0.3) is 0 Å². The first-order valence-corrected chi connectivity index (χ1v) is 6.65. The van der Waals surface area contributed by atoms with Crippen molar-refractivity contribution in [3.05, 3.63) is 0 Å². The van der Waals surface area contributed by atoms with Crippen molar-refractivity contribution in [2.45, 2.75) is 33.2 Å². The van der Waals surface area contributed by atoms with Crippen molar-refractivity contribution < 1.29 is 4.79 Å². The fourth-order valence-corrected chi connectivity index (χ4v) is 1.99. The second-order valence-electron chi connectivity index (χ2n) is 3.92. The minimum absolute atomic E-state index is 0.0711. The number of amides is 1. The van der Waals surface area contributed by atoms with E-state index in [-0.39, 0.29) is 17.9 Å². The molecule has 0 aliphatic rings. The monoisotopic (exact) mass is 228 g/mol. The maximum atomic E-state index is 11.7. The topological polar surface area (TPSA) is 52.9 Å². The van der Waals surface area contributed by atoms with E-state index in [2.05, 4.69) is 11.4 Å². The summed E-state index contributed by atoms with van der Waals surface area (Å²) in [5.41, 5.74) is 0. The zero-order chi connectivity index (χ0) is 11.8. The van der Waals surface area contributed by atoms with E-state index < -0.39 is 5.92 Å². The molecule has 86 valence electrons. The van der Waals surface area contributed by atoms with Crippen LogP contribution in [0, 0.1) is 23.2 Å². The van der Waals surface area contributed by atoms with E-state index in [0.717, 1.165) is 12.2 Å². The molecule has 4 heteroatoms. The van der Waals surface area contributed by atoms with Gasteiger partial charge in [-0.25, -0.2) is 0 Å². The molecule has 2 unspecified atom stereocenters. The Bertz CT molecular complexity index is 235. The van der Waals surface area contributed by atoms with Crippen molar-refractivity contribution in [3.63, 3.8) is 0 Å². The first-order valence-electron chi connectivity index (χ1n) is 5.25. The van der Waals surface area contributed by atoms with Gasteiger partial charge in [-0.1, -0.05) is 20.8 Å². The molecule has 0 saturated heterocycles. The second kappa shape index (κ2) is 7.58. The van der Waals surface area contributed by atoms with Gasteiger partial charge in [0.1, 0.15) is 5.92 Å². The summed E-state index contributed by atoms with van der Waals surface area (Å²) in [5.74, 6) is 0.314. The lowest BCUT2D eigenvalue weighted by Gasteiger charge is -2.19. The van der Waals surface area contributed by atoms with Gasteiger partial charge in [0.25, 0.3) is 0 Å². The molecule has 0 aromatic heterocycles. The molecule has 0 aliphatic heterocycles. The van der Waals surface area contributed by atoms with Gasteiger partial charge in [-0.05, 0) is 18.6 Å². The predicted molar refractivity (Wildman–Crippen MR) is 64.5 cm³/mol. The number of carbonyl (C=O) groups excluding carboxylic acids is 1. The lowest BCUT2D eigenvalue weighted by molar-refractivity contribution is -0.125. The Kier molecular flexibility index (Phi) is 7.23. The first kappa shape index (κ1) is 14.3. The summed E-state index contributed by atoms with van der Waals surface area (Å²) >= 11 is 1.71. The summed E-state index contributed by atoms with van der Waals surface area (Å²) < 4.78 is 0. The van der Waals surface area contributed by atoms with Crippen LogP contribution in [-0.4, -0.2) is 24.0 Å². The van der Waals surface area contributed by atoms with E-state index in [1.54, 1.807) is 11.8 Å². The third-order valence-electron chi connectivity index (χ3n) is 2.30. The minimum Gasteiger partial charge on any atom is -0.351 e. The quantitative estimate of drug-likeness (QED) is 0.757. The molecular weight excluding hydrogens is 208 g/mol. The Morgan fingerprint density at radius 1 is 1.53 bits per heavy atom. The highest BCUT2D eigenvalue weighted by molar-refractivity contribution is 7.98. The van der Waals surface area contributed by atoms with E-state index in [0.29, 0.717) is 0 Å². The molecule has 0 bridgehead atoms. The van der Waals surface area contributed by atoms with Crippen LogP contribution in [0.5, 0.6) is 0 Å². The zero-order valence-corrected chi connectivity index (χ0v) is 10.7. The molecule has 0 radical (unpaired) electrons. The molecule has 0 saturated carbocycles. The maximum absolute atomic E-state index is 11.7. The van der Waals surface area contributed by atoms with Crippen molar-refractivity contribution in [1.82, 2.24) is 5.32 Å². The van der Waals surface area contributed by atoms with Crippen LogP contribution >= 0.6 is 11.8 Å². The lowest BCUT2D eigenvalue weighted by atomic mass is 9.96. The third-order valence-corrected chi connectivity index (χ3v) is 3.03. The average molecular weight is 228 g/mol. The van der Waals surface area contributed by atoms with Crippen LogP contribution in [-0.2, 0) is 4.79 Å². The van der Waals surface area contributed by atoms with Crippen molar-refractivity contribution in [1.29, 1.82) is 5.26 Å². The number of carbonyl (C=O) groups is 1. The molecule has 0 rings (SSSR count). The fraction of sp³-hybridized carbons (Fsp3) is 0.818. The molecule has 2 atom stereocenters. The molecule has 0 spiro atoms. The molecule has 0 aromatic carbocycles. The Morgan fingerprint density at radius 3 is 2.47 bits per heavy atom. The van der Waals surface area contributed by atoms with Gasteiger partial charge in [-0.2, -0.15) is 17.0 Å². The normalized spacial score (nSPS) is 14.4. The van der Waals surface area contributed by atoms with Crippen LogP contribution in [0.15, 0.2) is 0 Å². The number of nitriles is 1. The number of rotatable bonds is 6. The van der Waals surface area contributed by atoms with Gasteiger partial charge in [0.05, 0.1) is 6.07 Å². The molecule has 1 amide bonds. The summed E-state index contributed by atoms with van der Waals surface area (Å²) in [6.45, 7) is 5.82. The largest absolute Gasteiger partial charge is 0.351 e. The highest BCUT2D eigenvalue weighted by Gasteiger charge is 2.23. The second-order valence-corrected chi connectivity index (χ2v) is 4.83. The Balaban J connectivity index is 4.26. The van der Waals surface area contributed by atoms with Crippen LogP contribution < -0.4 is 5.32 Å². The van der Waals surface area contributed by atoms with Gasteiger partial charge in [0, 0.05) is 11.8 Å². The third kappa shape index (κ3) is 5.08. The number of hydrogen-bond donors (Lipinski definition) is 1. The van der Waals surface area contributed by atoms with E-state index in [1.165, 1.54) is 0 Å². The Morgan fingerprint density at radius 2 is 2.13 bits per heavy atom. The van der Waals surface area contributed by atoms with Crippen LogP contribution in [0.2, 0.25) is 0 Å². The van der Waals surface area contributed by atoms with Crippen molar-refractivity contribution in [2.75, 3.05) is 12.0 Å². The van der Waals surface area contributed by atoms with E-state index >= 15 is 0 Å². The van der Waals surface area contributed by atoms with Crippen LogP contribution in [0.1, 0.15) is 27.2 Å². The van der Waals surface area contributed by atoms with Gasteiger partial charge in [-0.3, -0.25) is 4.79 Å². The van der Waals surface area contributed by atoms with Gasteiger partial charge in [0.15, 0.2) is 0 Å². The van der Waals surface area contributed by atoms with Gasteiger partial charge in [0.2, 0.25) is 5.91 Å². The molecule has 0 aliphatic carbocycles. The SMILES string of the molecule is CCC(CSC)NC(=O)C(C#N)C(C)C.